The molecule has 0 bridgehead atoms. The first-order valence-electron chi connectivity index (χ1n) is 3.93. The van der Waals surface area contributed by atoms with Gasteiger partial charge in [0, 0.05) is 10.7 Å². The summed E-state index contributed by atoms with van der Waals surface area (Å²) < 4.78 is 61.3. The summed E-state index contributed by atoms with van der Waals surface area (Å²) in [7, 11) is 1.14. The average Bonchev–Trinajstić information content (AvgIpc) is 2.13. The molecule has 0 aliphatic heterocycles. The fourth-order valence-corrected chi connectivity index (χ4v) is 1.63. The molecular formula is C8H6ClF3O3S. The van der Waals surface area contributed by atoms with E-state index >= 15 is 0 Å². The van der Waals surface area contributed by atoms with E-state index in [0.717, 1.165) is 24.3 Å². The Balaban J connectivity index is 2.73. The molecule has 0 fully saturated rings. The van der Waals surface area contributed by atoms with Gasteiger partial charge in [0.25, 0.3) is 9.05 Å². The van der Waals surface area contributed by atoms with E-state index in [9.17, 15) is 21.6 Å². The van der Waals surface area contributed by atoms with Crippen LogP contribution in [0.4, 0.5) is 13.2 Å². The van der Waals surface area contributed by atoms with Crippen LogP contribution in [-0.4, -0.2) is 21.2 Å². The molecule has 0 atom stereocenters. The minimum absolute atomic E-state index is 0.0820. The van der Waals surface area contributed by atoms with Crippen molar-refractivity contribution < 1.29 is 26.3 Å². The molecule has 3 nitrogen and oxygen atoms in total. The molecule has 0 N–H and O–H groups in total. The molecule has 0 saturated carbocycles. The van der Waals surface area contributed by atoms with Gasteiger partial charge in [-0.1, -0.05) is 0 Å². The lowest BCUT2D eigenvalue weighted by atomic mass is 10.3. The smallest absolute Gasteiger partial charge is 0.422 e. The molecule has 0 aliphatic rings. The van der Waals surface area contributed by atoms with Crippen LogP contribution in [0.2, 0.25) is 0 Å². The average molecular weight is 275 g/mol. The van der Waals surface area contributed by atoms with Crippen molar-refractivity contribution in [1.82, 2.24) is 0 Å². The predicted octanol–water partition coefficient (Wildman–Crippen LogP) is 2.56. The topological polar surface area (TPSA) is 43.4 Å². The van der Waals surface area contributed by atoms with Crippen LogP contribution in [0.1, 0.15) is 0 Å². The van der Waals surface area contributed by atoms with Crippen LogP contribution in [0.15, 0.2) is 29.2 Å². The second-order valence-electron chi connectivity index (χ2n) is 2.81. The highest BCUT2D eigenvalue weighted by Gasteiger charge is 2.28. The molecule has 16 heavy (non-hydrogen) atoms. The molecule has 0 spiro atoms. The third kappa shape index (κ3) is 4.28. The van der Waals surface area contributed by atoms with Crippen molar-refractivity contribution in [2.24, 2.45) is 0 Å². The van der Waals surface area contributed by atoms with Gasteiger partial charge in [0.15, 0.2) is 6.61 Å². The second kappa shape index (κ2) is 4.50. The van der Waals surface area contributed by atoms with Gasteiger partial charge in [-0.25, -0.2) is 8.42 Å². The zero-order chi connectivity index (χ0) is 12.4. The van der Waals surface area contributed by atoms with E-state index in [1.807, 2.05) is 0 Å². The fraction of sp³-hybridized carbons (Fsp3) is 0.250. The number of ether oxygens (including phenoxy) is 1. The summed E-state index contributed by atoms with van der Waals surface area (Å²) in [6.07, 6.45) is -4.43. The Kier molecular flexibility index (Phi) is 3.69. The van der Waals surface area contributed by atoms with Crippen molar-refractivity contribution in [2.75, 3.05) is 6.61 Å². The van der Waals surface area contributed by atoms with E-state index in [4.69, 9.17) is 10.7 Å². The van der Waals surface area contributed by atoms with Crippen LogP contribution in [0.3, 0.4) is 0 Å². The summed E-state index contributed by atoms with van der Waals surface area (Å²) in [5, 5.41) is 0. The van der Waals surface area contributed by atoms with Gasteiger partial charge in [0.05, 0.1) is 4.90 Å². The highest BCUT2D eigenvalue weighted by Crippen LogP contribution is 2.21. The van der Waals surface area contributed by atoms with Crippen LogP contribution in [0.5, 0.6) is 5.75 Å². The van der Waals surface area contributed by atoms with E-state index < -0.39 is 21.8 Å². The molecule has 1 rings (SSSR count). The Morgan fingerprint density at radius 2 is 1.69 bits per heavy atom. The Hall–Kier alpha value is -0.950. The van der Waals surface area contributed by atoms with Crippen LogP contribution in [-0.2, 0) is 9.05 Å². The Morgan fingerprint density at radius 1 is 1.19 bits per heavy atom. The van der Waals surface area contributed by atoms with Gasteiger partial charge in [-0.2, -0.15) is 13.2 Å². The Morgan fingerprint density at radius 3 is 2.06 bits per heavy atom. The summed E-state index contributed by atoms with van der Waals surface area (Å²) in [6, 6.07) is 4.32. The van der Waals surface area contributed by atoms with E-state index in [2.05, 4.69) is 4.74 Å². The quantitative estimate of drug-likeness (QED) is 0.796. The summed E-state index contributed by atoms with van der Waals surface area (Å²) in [5.41, 5.74) is 0. The van der Waals surface area contributed by atoms with Crippen molar-refractivity contribution in [3.63, 3.8) is 0 Å². The monoisotopic (exact) mass is 274 g/mol. The largest absolute Gasteiger partial charge is 0.484 e. The predicted molar refractivity (Wildman–Crippen MR) is 51.0 cm³/mol. The number of rotatable bonds is 3. The Labute approximate surface area is 94.2 Å². The van der Waals surface area contributed by atoms with Gasteiger partial charge in [-0.15, -0.1) is 0 Å². The molecule has 0 amide bonds. The zero-order valence-corrected chi connectivity index (χ0v) is 9.23. The first kappa shape index (κ1) is 13.1. The van der Waals surface area contributed by atoms with Gasteiger partial charge in [0.2, 0.25) is 0 Å². The van der Waals surface area contributed by atoms with Crippen LogP contribution in [0, 0.1) is 0 Å². The molecule has 0 saturated heterocycles. The zero-order valence-electron chi connectivity index (χ0n) is 7.66. The van der Waals surface area contributed by atoms with Gasteiger partial charge < -0.3 is 4.74 Å². The van der Waals surface area contributed by atoms with E-state index in [1.54, 1.807) is 0 Å². The molecule has 8 heteroatoms. The molecule has 0 unspecified atom stereocenters. The van der Waals surface area contributed by atoms with Crippen LogP contribution >= 0.6 is 10.7 Å². The van der Waals surface area contributed by atoms with Crippen LogP contribution < -0.4 is 4.74 Å². The molecule has 0 aromatic heterocycles. The Bertz CT molecular complexity index is 452. The molecule has 90 valence electrons. The van der Waals surface area contributed by atoms with Gasteiger partial charge in [-0.05, 0) is 24.3 Å². The molecule has 0 aliphatic carbocycles. The molecule has 0 heterocycles. The lowest BCUT2D eigenvalue weighted by Crippen LogP contribution is -2.19. The first-order chi connectivity index (χ1) is 7.18. The lowest BCUT2D eigenvalue weighted by Gasteiger charge is -2.08. The summed E-state index contributed by atoms with van der Waals surface area (Å²) in [4.78, 5) is -0.200. The highest BCUT2D eigenvalue weighted by atomic mass is 35.7. The minimum Gasteiger partial charge on any atom is -0.484 e. The first-order valence-corrected chi connectivity index (χ1v) is 6.24. The number of halogens is 4. The van der Waals surface area contributed by atoms with Crippen molar-refractivity contribution in [3.8, 4) is 5.75 Å². The van der Waals surface area contributed by atoms with Gasteiger partial charge in [-0.3, -0.25) is 0 Å². The maximum absolute atomic E-state index is 11.8. The third-order valence-electron chi connectivity index (χ3n) is 1.51. The SMILES string of the molecule is O=S(=O)(Cl)c1ccc(OCC(F)(F)F)cc1. The van der Waals surface area contributed by atoms with Gasteiger partial charge >= 0.3 is 6.18 Å². The van der Waals surface area contributed by atoms with Gasteiger partial charge in [0.1, 0.15) is 5.75 Å². The standard InChI is InChI=1S/C8H6ClF3O3S/c9-16(13,14)7-3-1-6(2-4-7)15-5-8(10,11)12/h1-4H,5H2. The minimum atomic E-state index is -4.43. The van der Waals surface area contributed by atoms with E-state index in [0.29, 0.717) is 0 Å². The number of hydrogen-bond acceptors (Lipinski definition) is 3. The van der Waals surface area contributed by atoms with Crippen molar-refractivity contribution in [1.29, 1.82) is 0 Å². The molecule has 0 radical (unpaired) electrons. The molecule has 1 aromatic carbocycles. The summed E-state index contributed by atoms with van der Waals surface area (Å²) >= 11 is 0. The van der Waals surface area contributed by atoms with Crippen LogP contribution in [0.25, 0.3) is 0 Å². The third-order valence-corrected chi connectivity index (χ3v) is 2.88. The molecular weight excluding hydrogens is 269 g/mol. The summed E-state index contributed by atoms with van der Waals surface area (Å²) in [5.74, 6) is -0.0820. The second-order valence-corrected chi connectivity index (χ2v) is 5.38. The normalized spacial score (nSPS) is 12.5. The maximum Gasteiger partial charge on any atom is 0.422 e. The molecule has 1 aromatic rings. The lowest BCUT2D eigenvalue weighted by molar-refractivity contribution is -0.153. The maximum atomic E-state index is 11.8. The van der Waals surface area contributed by atoms with Crippen molar-refractivity contribution in [2.45, 2.75) is 11.1 Å². The van der Waals surface area contributed by atoms with E-state index in [-0.39, 0.29) is 10.6 Å². The van der Waals surface area contributed by atoms with Crippen molar-refractivity contribution in [3.05, 3.63) is 24.3 Å². The number of benzene rings is 1. The van der Waals surface area contributed by atoms with E-state index in [1.165, 1.54) is 0 Å². The number of hydrogen-bond donors (Lipinski definition) is 0. The van der Waals surface area contributed by atoms with Crippen molar-refractivity contribution >= 4 is 19.7 Å². The fourth-order valence-electron chi connectivity index (χ4n) is 0.864. The highest BCUT2D eigenvalue weighted by molar-refractivity contribution is 8.13. The summed E-state index contributed by atoms with van der Waals surface area (Å²) in [6.45, 7) is -1.43. The number of alkyl halides is 3.